The van der Waals surface area contributed by atoms with Gasteiger partial charge in [0.1, 0.15) is 6.04 Å². The molecule has 1 aliphatic rings. The second-order valence-corrected chi connectivity index (χ2v) is 7.05. The van der Waals surface area contributed by atoms with Crippen LogP contribution in [0.25, 0.3) is 0 Å². The molecule has 0 radical (unpaired) electrons. The minimum atomic E-state index is -0.545. The first kappa shape index (κ1) is 18.5. The second kappa shape index (κ2) is 8.29. The van der Waals surface area contributed by atoms with Gasteiger partial charge in [0.2, 0.25) is 5.91 Å². The van der Waals surface area contributed by atoms with Crippen molar-refractivity contribution in [2.24, 2.45) is 17.6 Å². The standard InChI is InChI=1S/C19H29N3O2/c1-12(2)17(19(24)21-16-10-6-8-14(16)11-20)22-18(23)15-9-5-4-7-13(15)3/h4-5,7,9,12,14,16-17H,6,8,10-11,20H2,1-3H3,(H,21,24)(H,22,23). The van der Waals surface area contributed by atoms with Gasteiger partial charge in [0.05, 0.1) is 0 Å². The third-order valence-corrected chi connectivity index (χ3v) is 4.91. The van der Waals surface area contributed by atoms with E-state index in [1.54, 1.807) is 6.07 Å². The average molecular weight is 331 g/mol. The summed E-state index contributed by atoms with van der Waals surface area (Å²) in [5.41, 5.74) is 7.30. The highest BCUT2D eigenvalue weighted by molar-refractivity contribution is 5.98. The molecular formula is C19H29N3O2. The van der Waals surface area contributed by atoms with Crippen LogP contribution in [0.4, 0.5) is 0 Å². The van der Waals surface area contributed by atoms with Crippen molar-refractivity contribution in [1.82, 2.24) is 10.6 Å². The fourth-order valence-corrected chi connectivity index (χ4v) is 3.36. The zero-order chi connectivity index (χ0) is 17.7. The van der Waals surface area contributed by atoms with Crippen LogP contribution in [0.1, 0.15) is 49.0 Å². The number of rotatable bonds is 6. The van der Waals surface area contributed by atoms with Gasteiger partial charge in [-0.25, -0.2) is 0 Å². The summed E-state index contributed by atoms with van der Waals surface area (Å²) >= 11 is 0. The molecule has 5 nitrogen and oxygen atoms in total. The lowest BCUT2D eigenvalue weighted by Gasteiger charge is -2.26. The van der Waals surface area contributed by atoms with Crippen LogP contribution in [0.3, 0.4) is 0 Å². The number of nitrogens with two attached hydrogens (primary N) is 1. The number of nitrogens with one attached hydrogen (secondary N) is 2. The second-order valence-electron chi connectivity index (χ2n) is 7.05. The minimum Gasteiger partial charge on any atom is -0.351 e. The van der Waals surface area contributed by atoms with Crippen LogP contribution < -0.4 is 16.4 Å². The number of hydrogen-bond acceptors (Lipinski definition) is 3. The Labute approximate surface area is 144 Å². The smallest absolute Gasteiger partial charge is 0.252 e. The molecule has 0 heterocycles. The number of aryl methyl sites for hydroxylation is 1. The van der Waals surface area contributed by atoms with Crippen molar-refractivity contribution in [2.45, 2.75) is 52.1 Å². The van der Waals surface area contributed by atoms with Crippen molar-refractivity contribution >= 4 is 11.8 Å². The number of hydrogen-bond donors (Lipinski definition) is 3. The van der Waals surface area contributed by atoms with Crippen molar-refractivity contribution in [3.63, 3.8) is 0 Å². The lowest BCUT2D eigenvalue weighted by molar-refractivity contribution is -0.124. The maximum absolute atomic E-state index is 12.7. The SMILES string of the molecule is Cc1ccccc1C(=O)NC(C(=O)NC1CCCC1CN)C(C)C. The zero-order valence-corrected chi connectivity index (χ0v) is 14.8. The summed E-state index contributed by atoms with van der Waals surface area (Å²) < 4.78 is 0. The molecule has 0 bridgehead atoms. The minimum absolute atomic E-state index is 0.00991. The van der Waals surface area contributed by atoms with Crippen molar-refractivity contribution in [1.29, 1.82) is 0 Å². The summed E-state index contributed by atoms with van der Waals surface area (Å²) in [6, 6.07) is 6.98. The first-order valence-corrected chi connectivity index (χ1v) is 8.81. The molecule has 0 spiro atoms. The van der Waals surface area contributed by atoms with Gasteiger partial charge in [-0.2, -0.15) is 0 Å². The highest BCUT2D eigenvalue weighted by Crippen LogP contribution is 2.24. The third-order valence-electron chi connectivity index (χ3n) is 4.91. The van der Waals surface area contributed by atoms with E-state index in [1.165, 1.54) is 0 Å². The van der Waals surface area contributed by atoms with Crippen LogP contribution >= 0.6 is 0 Å². The number of carbonyl (C=O) groups excluding carboxylic acids is 2. The lowest BCUT2D eigenvalue weighted by atomic mass is 9.99. The van der Waals surface area contributed by atoms with Crippen LogP contribution in [-0.4, -0.2) is 30.4 Å². The summed E-state index contributed by atoms with van der Waals surface area (Å²) in [7, 11) is 0. The largest absolute Gasteiger partial charge is 0.351 e. The molecule has 3 atom stereocenters. The van der Waals surface area contributed by atoms with E-state index in [2.05, 4.69) is 10.6 Å². The van der Waals surface area contributed by atoms with Crippen LogP contribution in [-0.2, 0) is 4.79 Å². The van der Waals surface area contributed by atoms with Gasteiger partial charge in [0.25, 0.3) is 5.91 Å². The van der Waals surface area contributed by atoms with E-state index >= 15 is 0 Å². The summed E-state index contributed by atoms with van der Waals surface area (Å²) in [6.45, 7) is 6.37. The highest BCUT2D eigenvalue weighted by Gasteiger charge is 2.31. The maximum atomic E-state index is 12.7. The summed E-state index contributed by atoms with van der Waals surface area (Å²) in [6.07, 6.45) is 3.11. The van der Waals surface area contributed by atoms with E-state index in [4.69, 9.17) is 5.73 Å². The van der Waals surface area contributed by atoms with Crippen LogP contribution in [0.5, 0.6) is 0 Å². The fraction of sp³-hybridized carbons (Fsp3) is 0.579. The lowest BCUT2D eigenvalue weighted by Crippen LogP contribution is -2.53. The first-order chi connectivity index (χ1) is 11.4. The van der Waals surface area contributed by atoms with Gasteiger partial charge in [-0.3, -0.25) is 9.59 Å². The van der Waals surface area contributed by atoms with Gasteiger partial charge in [-0.05, 0) is 49.8 Å². The molecule has 0 aromatic heterocycles. The van der Waals surface area contributed by atoms with Gasteiger partial charge in [-0.15, -0.1) is 0 Å². The van der Waals surface area contributed by atoms with Crippen molar-refractivity contribution in [3.05, 3.63) is 35.4 Å². The number of carbonyl (C=O) groups is 2. The Bertz CT molecular complexity index is 586. The maximum Gasteiger partial charge on any atom is 0.252 e. The van der Waals surface area contributed by atoms with Gasteiger partial charge in [0.15, 0.2) is 0 Å². The molecule has 1 aromatic carbocycles. The summed E-state index contributed by atoms with van der Waals surface area (Å²) in [4.78, 5) is 25.2. The van der Waals surface area contributed by atoms with E-state index in [-0.39, 0.29) is 23.8 Å². The van der Waals surface area contributed by atoms with Crippen LogP contribution in [0.2, 0.25) is 0 Å². The number of benzene rings is 1. The molecule has 0 saturated heterocycles. The van der Waals surface area contributed by atoms with E-state index < -0.39 is 6.04 Å². The Balaban J connectivity index is 2.05. The van der Waals surface area contributed by atoms with E-state index in [9.17, 15) is 9.59 Å². The molecule has 1 saturated carbocycles. The van der Waals surface area contributed by atoms with E-state index in [1.807, 2.05) is 39.0 Å². The van der Waals surface area contributed by atoms with Gasteiger partial charge in [-0.1, -0.05) is 38.5 Å². The molecule has 4 N–H and O–H groups in total. The Morgan fingerprint density at radius 1 is 1.25 bits per heavy atom. The third kappa shape index (κ3) is 4.35. The molecule has 1 aromatic rings. The number of amides is 2. The van der Waals surface area contributed by atoms with Crippen molar-refractivity contribution in [3.8, 4) is 0 Å². The quantitative estimate of drug-likeness (QED) is 0.745. The topological polar surface area (TPSA) is 84.2 Å². The first-order valence-electron chi connectivity index (χ1n) is 8.81. The van der Waals surface area contributed by atoms with Gasteiger partial charge in [0, 0.05) is 11.6 Å². The normalized spacial score (nSPS) is 21.5. The molecule has 1 aliphatic carbocycles. The monoisotopic (exact) mass is 331 g/mol. The van der Waals surface area contributed by atoms with Crippen LogP contribution in [0, 0.1) is 18.8 Å². The zero-order valence-electron chi connectivity index (χ0n) is 14.8. The predicted octanol–water partition coefficient (Wildman–Crippen LogP) is 1.99. The molecule has 1 fully saturated rings. The van der Waals surface area contributed by atoms with Crippen molar-refractivity contribution in [2.75, 3.05) is 6.54 Å². The predicted molar refractivity (Wildman–Crippen MR) is 95.6 cm³/mol. The van der Waals surface area contributed by atoms with Crippen molar-refractivity contribution < 1.29 is 9.59 Å². The Kier molecular flexibility index (Phi) is 6.37. The van der Waals surface area contributed by atoms with Crippen LogP contribution in [0.15, 0.2) is 24.3 Å². The highest BCUT2D eigenvalue weighted by atomic mass is 16.2. The molecule has 5 heteroatoms. The Morgan fingerprint density at radius 3 is 2.58 bits per heavy atom. The molecule has 0 aliphatic heterocycles. The fourth-order valence-electron chi connectivity index (χ4n) is 3.36. The summed E-state index contributed by atoms with van der Waals surface area (Å²) in [5, 5.41) is 6.00. The van der Waals surface area contributed by atoms with Gasteiger partial charge >= 0.3 is 0 Å². The Morgan fingerprint density at radius 2 is 1.96 bits per heavy atom. The average Bonchev–Trinajstić information content (AvgIpc) is 2.99. The molecule has 132 valence electrons. The van der Waals surface area contributed by atoms with E-state index in [0.29, 0.717) is 18.0 Å². The summed E-state index contributed by atoms with van der Waals surface area (Å²) in [5.74, 6) is 0.0329. The molecule has 24 heavy (non-hydrogen) atoms. The molecule has 2 amide bonds. The van der Waals surface area contributed by atoms with E-state index in [0.717, 1.165) is 24.8 Å². The van der Waals surface area contributed by atoms with Gasteiger partial charge < -0.3 is 16.4 Å². The molecule has 3 unspecified atom stereocenters. The Hall–Kier alpha value is -1.88. The molecular weight excluding hydrogens is 302 g/mol. The molecule has 2 rings (SSSR count).